The minimum atomic E-state index is 0.657. The SMILES string of the molecule is Cc1cccc2cc(-c3cnc(-c4cccc(-c5nc6ccccc6c6c5ccc5c7ccccc7oc56)c4)nc3)c3cccnc3c12. The lowest BCUT2D eigenvalue weighted by atomic mass is 9.95. The van der Waals surface area contributed by atoms with Crippen molar-refractivity contribution in [3.63, 3.8) is 0 Å². The molecule has 0 N–H and O–H groups in total. The fraction of sp³-hybridized carbons (Fsp3) is 0.0233. The molecule has 224 valence electrons. The van der Waals surface area contributed by atoms with Gasteiger partial charge in [0.2, 0.25) is 0 Å². The smallest absolute Gasteiger partial charge is 0.159 e. The molecule has 0 radical (unpaired) electrons. The Hall–Kier alpha value is -6.46. The van der Waals surface area contributed by atoms with E-state index in [0.717, 1.165) is 87.9 Å². The monoisotopic (exact) mass is 614 g/mol. The summed E-state index contributed by atoms with van der Waals surface area (Å²) in [6.07, 6.45) is 5.69. The van der Waals surface area contributed by atoms with Crippen LogP contribution in [0.3, 0.4) is 0 Å². The van der Waals surface area contributed by atoms with Crippen molar-refractivity contribution in [2.45, 2.75) is 6.92 Å². The Morgan fingerprint density at radius 1 is 0.542 bits per heavy atom. The third kappa shape index (κ3) is 3.98. The summed E-state index contributed by atoms with van der Waals surface area (Å²) in [7, 11) is 0. The summed E-state index contributed by atoms with van der Waals surface area (Å²) < 4.78 is 6.51. The summed E-state index contributed by atoms with van der Waals surface area (Å²) in [5.74, 6) is 0.657. The fourth-order valence-electron chi connectivity index (χ4n) is 7.29. The van der Waals surface area contributed by atoms with Crippen LogP contribution in [0.15, 0.2) is 144 Å². The number of pyridine rings is 2. The standard InChI is InChI=1S/C43H26N4O/c1-25-9-6-10-26-22-35(31-15-8-20-44-41(31)38(25)26)29-23-45-43(46-24-29)28-12-7-11-27(21-28)40-34-19-18-32-30-13-3-5-17-37(30)48-42(32)39(34)33-14-2-4-16-36(33)47-40/h2-24H,1H3. The van der Waals surface area contributed by atoms with Crippen LogP contribution < -0.4 is 0 Å². The second-order valence-corrected chi connectivity index (χ2v) is 12.3. The number of nitrogens with zero attached hydrogens (tertiary/aromatic N) is 4. The quantitative estimate of drug-likeness (QED) is 0.185. The van der Waals surface area contributed by atoms with Crippen molar-refractivity contribution in [1.82, 2.24) is 19.9 Å². The van der Waals surface area contributed by atoms with Crippen LogP contribution in [0.2, 0.25) is 0 Å². The third-order valence-corrected chi connectivity index (χ3v) is 9.50. The Bertz CT molecular complexity index is 2910. The van der Waals surface area contributed by atoms with Crippen molar-refractivity contribution < 1.29 is 4.42 Å². The van der Waals surface area contributed by atoms with Crippen molar-refractivity contribution in [3.05, 3.63) is 145 Å². The largest absolute Gasteiger partial charge is 0.455 e. The molecule has 0 aliphatic heterocycles. The van der Waals surface area contributed by atoms with Gasteiger partial charge in [-0.25, -0.2) is 15.0 Å². The van der Waals surface area contributed by atoms with Gasteiger partial charge in [-0.1, -0.05) is 84.9 Å². The molecule has 0 aliphatic carbocycles. The molecule has 0 amide bonds. The van der Waals surface area contributed by atoms with E-state index in [1.807, 2.05) is 42.9 Å². The molecule has 0 spiro atoms. The highest BCUT2D eigenvalue weighted by molar-refractivity contribution is 6.24. The number of benzene rings is 6. The molecule has 0 aliphatic rings. The van der Waals surface area contributed by atoms with Crippen molar-refractivity contribution >= 4 is 65.3 Å². The van der Waals surface area contributed by atoms with Crippen LogP contribution in [0, 0.1) is 6.92 Å². The maximum absolute atomic E-state index is 6.51. The summed E-state index contributed by atoms with van der Waals surface area (Å²) in [5, 5.41) is 8.83. The maximum Gasteiger partial charge on any atom is 0.159 e. The van der Waals surface area contributed by atoms with Gasteiger partial charge in [-0.2, -0.15) is 0 Å². The number of hydrogen-bond acceptors (Lipinski definition) is 5. The number of hydrogen-bond donors (Lipinski definition) is 0. The predicted octanol–water partition coefficient (Wildman–Crippen LogP) is 11.1. The molecule has 48 heavy (non-hydrogen) atoms. The topological polar surface area (TPSA) is 64.7 Å². The number of fused-ring (bicyclic) bond motifs is 10. The van der Waals surface area contributed by atoms with Crippen molar-refractivity contribution in [3.8, 4) is 33.8 Å². The molecule has 0 unspecified atom stereocenters. The number of aryl methyl sites for hydroxylation is 1. The lowest BCUT2D eigenvalue weighted by Gasteiger charge is -2.12. The second-order valence-electron chi connectivity index (χ2n) is 12.3. The van der Waals surface area contributed by atoms with E-state index in [1.54, 1.807) is 0 Å². The van der Waals surface area contributed by atoms with Crippen LogP contribution in [-0.2, 0) is 0 Å². The Morgan fingerprint density at radius 2 is 1.31 bits per heavy atom. The van der Waals surface area contributed by atoms with E-state index in [-0.39, 0.29) is 0 Å². The Morgan fingerprint density at radius 3 is 2.23 bits per heavy atom. The van der Waals surface area contributed by atoms with Gasteiger partial charge < -0.3 is 4.42 Å². The average molecular weight is 615 g/mol. The zero-order valence-corrected chi connectivity index (χ0v) is 26.0. The van der Waals surface area contributed by atoms with Crippen LogP contribution in [-0.4, -0.2) is 19.9 Å². The first-order valence-electron chi connectivity index (χ1n) is 16.0. The first kappa shape index (κ1) is 26.7. The summed E-state index contributed by atoms with van der Waals surface area (Å²) in [6.45, 7) is 2.14. The minimum absolute atomic E-state index is 0.657. The highest BCUT2D eigenvalue weighted by Gasteiger charge is 2.18. The molecule has 0 bridgehead atoms. The summed E-state index contributed by atoms with van der Waals surface area (Å²) in [6, 6.07) is 41.9. The van der Waals surface area contributed by atoms with Gasteiger partial charge in [0.05, 0.1) is 16.7 Å². The normalized spacial score (nSPS) is 11.9. The molecule has 10 rings (SSSR count). The van der Waals surface area contributed by atoms with Gasteiger partial charge >= 0.3 is 0 Å². The highest BCUT2D eigenvalue weighted by Crippen LogP contribution is 2.41. The minimum Gasteiger partial charge on any atom is -0.455 e. The first-order chi connectivity index (χ1) is 23.7. The number of para-hydroxylation sites is 2. The van der Waals surface area contributed by atoms with Crippen LogP contribution >= 0.6 is 0 Å². The number of furan rings is 1. The van der Waals surface area contributed by atoms with Gasteiger partial charge in [-0.3, -0.25) is 4.98 Å². The summed E-state index contributed by atoms with van der Waals surface area (Å²) in [5.41, 5.74) is 9.74. The lowest BCUT2D eigenvalue weighted by Crippen LogP contribution is -1.94. The van der Waals surface area contributed by atoms with E-state index >= 15 is 0 Å². The molecule has 0 atom stereocenters. The van der Waals surface area contributed by atoms with Gasteiger partial charge in [0, 0.05) is 73.0 Å². The third-order valence-electron chi connectivity index (χ3n) is 9.50. The van der Waals surface area contributed by atoms with Gasteiger partial charge in [-0.15, -0.1) is 0 Å². The molecule has 4 aromatic heterocycles. The molecule has 10 aromatic rings. The lowest BCUT2D eigenvalue weighted by molar-refractivity contribution is 0.673. The van der Waals surface area contributed by atoms with E-state index in [4.69, 9.17) is 24.4 Å². The molecule has 6 aromatic carbocycles. The molecule has 0 saturated carbocycles. The van der Waals surface area contributed by atoms with Gasteiger partial charge in [0.25, 0.3) is 0 Å². The number of rotatable bonds is 3. The van der Waals surface area contributed by atoms with E-state index in [2.05, 4.69) is 104 Å². The van der Waals surface area contributed by atoms with E-state index in [0.29, 0.717) is 5.82 Å². The molecule has 0 saturated heterocycles. The Kier molecular flexibility index (Phi) is 5.72. The van der Waals surface area contributed by atoms with Crippen LogP contribution in [0.5, 0.6) is 0 Å². The summed E-state index contributed by atoms with van der Waals surface area (Å²) >= 11 is 0. The molecule has 5 nitrogen and oxygen atoms in total. The highest BCUT2D eigenvalue weighted by atomic mass is 16.3. The van der Waals surface area contributed by atoms with Crippen molar-refractivity contribution in [2.75, 3.05) is 0 Å². The van der Waals surface area contributed by atoms with E-state index < -0.39 is 0 Å². The predicted molar refractivity (Wildman–Crippen MR) is 196 cm³/mol. The Labute approximate surface area is 275 Å². The first-order valence-corrected chi connectivity index (χ1v) is 16.0. The van der Waals surface area contributed by atoms with E-state index in [1.165, 1.54) is 10.9 Å². The number of aromatic nitrogens is 4. The molecule has 5 heteroatoms. The van der Waals surface area contributed by atoms with Crippen molar-refractivity contribution in [1.29, 1.82) is 0 Å². The van der Waals surface area contributed by atoms with Gasteiger partial charge in [0.1, 0.15) is 11.2 Å². The van der Waals surface area contributed by atoms with Crippen LogP contribution in [0.4, 0.5) is 0 Å². The van der Waals surface area contributed by atoms with Gasteiger partial charge in [0.15, 0.2) is 5.82 Å². The Balaban J connectivity index is 1.11. The van der Waals surface area contributed by atoms with Crippen LogP contribution in [0.25, 0.3) is 99.1 Å². The maximum atomic E-state index is 6.51. The molecule has 0 fully saturated rings. The van der Waals surface area contributed by atoms with E-state index in [9.17, 15) is 0 Å². The molecule has 4 heterocycles. The molecular weight excluding hydrogens is 589 g/mol. The van der Waals surface area contributed by atoms with Crippen molar-refractivity contribution in [2.24, 2.45) is 0 Å². The summed E-state index contributed by atoms with van der Waals surface area (Å²) in [4.78, 5) is 19.7. The average Bonchev–Trinajstić information content (AvgIpc) is 3.53. The second kappa shape index (κ2) is 10.3. The fourth-order valence-corrected chi connectivity index (χ4v) is 7.29. The molecular formula is C43H26N4O. The zero-order chi connectivity index (χ0) is 31.8. The van der Waals surface area contributed by atoms with Crippen LogP contribution in [0.1, 0.15) is 5.56 Å². The van der Waals surface area contributed by atoms with Gasteiger partial charge in [-0.05, 0) is 59.8 Å². The zero-order valence-electron chi connectivity index (χ0n) is 26.0.